The number of nitrogens with one attached hydrogen (secondary N) is 1. The minimum Gasteiger partial charge on any atom is -0.376 e. The zero-order valence-corrected chi connectivity index (χ0v) is 14.1. The summed E-state index contributed by atoms with van der Waals surface area (Å²) in [6, 6.07) is 10.3. The molecule has 0 saturated carbocycles. The lowest BCUT2D eigenvalue weighted by molar-refractivity contribution is -0.385. The minimum atomic E-state index is -0.330. The van der Waals surface area contributed by atoms with Gasteiger partial charge in [0.05, 0.1) is 27.2 Å². The number of hydrogen-bond acceptors (Lipinski definition) is 3. The van der Waals surface area contributed by atoms with E-state index in [1.54, 1.807) is 24.3 Å². The lowest BCUT2D eigenvalue weighted by atomic mass is 9.76. The van der Waals surface area contributed by atoms with Crippen molar-refractivity contribution in [3.05, 3.63) is 79.8 Å². The van der Waals surface area contributed by atoms with Crippen molar-refractivity contribution in [1.29, 1.82) is 0 Å². The van der Waals surface area contributed by atoms with Crippen LogP contribution in [0.15, 0.2) is 48.6 Å². The summed E-state index contributed by atoms with van der Waals surface area (Å²) in [6.07, 6.45) is 5.09. The topological polar surface area (TPSA) is 55.2 Å². The molecule has 24 heavy (non-hydrogen) atoms. The van der Waals surface area contributed by atoms with Crippen molar-refractivity contribution in [2.24, 2.45) is 5.92 Å². The predicted octanol–water partition coefficient (Wildman–Crippen LogP) is 5.73. The predicted molar refractivity (Wildman–Crippen MR) is 95.9 cm³/mol. The summed E-state index contributed by atoms with van der Waals surface area (Å²) in [4.78, 5) is 11.1. The molecule has 2 aromatic carbocycles. The number of rotatable bonds is 2. The fourth-order valence-corrected chi connectivity index (χ4v) is 4.36. The van der Waals surface area contributed by atoms with Crippen molar-refractivity contribution in [1.82, 2.24) is 0 Å². The Morgan fingerprint density at radius 3 is 2.67 bits per heavy atom. The molecule has 0 fully saturated rings. The Labute approximate surface area is 149 Å². The number of nitrogens with zero attached hydrogens (tertiary/aromatic N) is 1. The van der Waals surface area contributed by atoms with Gasteiger partial charge in [-0.25, -0.2) is 0 Å². The molecule has 4 rings (SSSR count). The maximum atomic E-state index is 11.4. The highest BCUT2D eigenvalue weighted by atomic mass is 35.5. The van der Waals surface area contributed by atoms with Crippen molar-refractivity contribution in [2.75, 3.05) is 5.32 Å². The maximum absolute atomic E-state index is 11.4. The van der Waals surface area contributed by atoms with E-state index in [1.165, 1.54) is 0 Å². The standard InChI is InChI=1S/C18H14Cl2N2O2/c19-13-8-9-14(20)18-16(13)10-5-3-6-11(10)17(21-18)12-4-1-2-7-15(12)22(23)24/h1-5,7-11,17,21H,6H2/t10-,11+,17+/m1/s1. The van der Waals surface area contributed by atoms with Crippen molar-refractivity contribution in [2.45, 2.75) is 18.4 Å². The average molecular weight is 361 g/mol. The van der Waals surface area contributed by atoms with Crippen molar-refractivity contribution in [3.8, 4) is 0 Å². The molecule has 0 aromatic heterocycles. The van der Waals surface area contributed by atoms with Crippen LogP contribution in [0.1, 0.15) is 29.5 Å². The van der Waals surface area contributed by atoms with E-state index in [2.05, 4.69) is 17.5 Å². The van der Waals surface area contributed by atoms with Crippen molar-refractivity contribution in [3.63, 3.8) is 0 Å². The molecule has 0 spiro atoms. The molecule has 2 aromatic rings. The molecule has 0 radical (unpaired) electrons. The molecular weight excluding hydrogens is 347 g/mol. The van der Waals surface area contributed by atoms with Gasteiger partial charge in [-0.05, 0) is 24.5 Å². The molecule has 1 N–H and O–H groups in total. The van der Waals surface area contributed by atoms with Crippen LogP contribution in [0, 0.1) is 16.0 Å². The highest BCUT2D eigenvalue weighted by Crippen LogP contribution is 2.54. The number of nitro groups is 1. The monoisotopic (exact) mass is 360 g/mol. The molecule has 122 valence electrons. The van der Waals surface area contributed by atoms with Crippen LogP contribution >= 0.6 is 23.2 Å². The molecule has 6 heteroatoms. The first-order valence-corrected chi connectivity index (χ1v) is 8.48. The molecule has 0 bridgehead atoms. The molecule has 0 amide bonds. The average Bonchev–Trinajstić information content (AvgIpc) is 3.06. The third kappa shape index (κ3) is 2.29. The van der Waals surface area contributed by atoms with Gasteiger partial charge in [0, 0.05) is 22.6 Å². The fourth-order valence-electron chi connectivity index (χ4n) is 3.85. The largest absolute Gasteiger partial charge is 0.376 e. The molecule has 0 unspecified atom stereocenters. The van der Waals surface area contributed by atoms with Gasteiger partial charge in [-0.1, -0.05) is 53.6 Å². The summed E-state index contributed by atoms with van der Waals surface area (Å²) in [5.74, 6) is 0.284. The van der Waals surface area contributed by atoms with Gasteiger partial charge in [-0.3, -0.25) is 10.1 Å². The van der Waals surface area contributed by atoms with Gasteiger partial charge in [0.2, 0.25) is 0 Å². The van der Waals surface area contributed by atoms with Crippen LogP contribution in [0.25, 0.3) is 0 Å². The third-order valence-electron chi connectivity index (χ3n) is 4.88. The number of anilines is 1. The minimum absolute atomic E-state index is 0.109. The van der Waals surface area contributed by atoms with Crippen molar-refractivity contribution >= 4 is 34.6 Å². The zero-order chi connectivity index (χ0) is 16.8. The van der Waals surface area contributed by atoms with Gasteiger partial charge in [0.1, 0.15) is 0 Å². The number of hydrogen-bond donors (Lipinski definition) is 1. The SMILES string of the molecule is O=[N+]([O-])c1ccccc1[C@H]1Nc2c(Cl)ccc(Cl)c2[C@@H]2C=CC[C@H]12. The van der Waals surface area contributed by atoms with E-state index in [0.29, 0.717) is 15.6 Å². The van der Waals surface area contributed by atoms with Gasteiger partial charge in [-0.2, -0.15) is 0 Å². The summed E-state index contributed by atoms with van der Waals surface area (Å²) < 4.78 is 0. The number of halogens is 2. The highest BCUT2D eigenvalue weighted by Gasteiger charge is 2.41. The second kappa shape index (κ2) is 5.80. The quantitative estimate of drug-likeness (QED) is 0.422. The Hall–Kier alpha value is -2.04. The van der Waals surface area contributed by atoms with Gasteiger partial charge in [0.15, 0.2) is 0 Å². The number of fused-ring (bicyclic) bond motifs is 3. The van der Waals surface area contributed by atoms with Crippen LogP contribution in [0.2, 0.25) is 10.0 Å². The molecule has 0 saturated heterocycles. The number of benzene rings is 2. The first-order chi connectivity index (χ1) is 11.6. The lowest BCUT2D eigenvalue weighted by Gasteiger charge is -2.38. The second-order valence-electron chi connectivity index (χ2n) is 6.11. The lowest BCUT2D eigenvalue weighted by Crippen LogP contribution is -2.30. The molecule has 1 aliphatic heterocycles. The third-order valence-corrected chi connectivity index (χ3v) is 5.53. The van der Waals surface area contributed by atoms with Crippen LogP contribution in [0.4, 0.5) is 11.4 Å². The van der Waals surface area contributed by atoms with Gasteiger partial charge >= 0.3 is 0 Å². The number of allylic oxidation sites excluding steroid dienone is 2. The van der Waals surface area contributed by atoms with Crippen molar-refractivity contribution < 1.29 is 4.92 Å². The van der Waals surface area contributed by atoms with E-state index in [9.17, 15) is 10.1 Å². The maximum Gasteiger partial charge on any atom is 0.274 e. The van der Waals surface area contributed by atoms with Gasteiger partial charge in [-0.15, -0.1) is 0 Å². The van der Waals surface area contributed by atoms with Crippen LogP contribution in [-0.4, -0.2) is 4.92 Å². The summed E-state index contributed by atoms with van der Waals surface area (Å²) >= 11 is 12.8. The van der Waals surface area contributed by atoms with Gasteiger partial charge < -0.3 is 5.32 Å². The van der Waals surface area contributed by atoms with E-state index in [4.69, 9.17) is 23.2 Å². The Morgan fingerprint density at radius 1 is 1.12 bits per heavy atom. The first-order valence-electron chi connectivity index (χ1n) is 7.72. The molecule has 3 atom stereocenters. The van der Waals surface area contributed by atoms with Crippen LogP contribution < -0.4 is 5.32 Å². The second-order valence-corrected chi connectivity index (χ2v) is 6.92. The van der Waals surface area contributed by atoms with E-state index in [-0.39, 0.29) is 28.5 Å². The first kappa shape index (κ1) is 15.5. The molecule has 1 heterocycles. The Balaban J connectivity index is 1.88. The van der Waals surface area contributed by atoms with Crippen LogP contribution in [0.5, 0.6) is 0 Å². The molecular formula is C18H14Cl2N2O2. The molecule has 1 aliphatic carbocycles. The molecule has 2 aliphatic rings. The molecule has 4 nitrogen and oxygen atoms in total. The normalized spacial score (nSPS) is 24.2. The number of nitro benzene ring substituents is 1. The summed E-state index contributed by atoms with van der Waals surface area (Å²) in [6.45, 7) is 0. The smallest absolute Gasteiger partial charge is 0.274 e. The Morgan fingerprint density at radius 2 is 1.88 bits per heavy atom. The fraction of sp³-hybridized carbons (Fsp3) is 0.222. The summed E-state index contributed by atoms with van der Waals surface area (Å²) in [7, 11) is 0. The van der Waals surface area contributed by atoms with E-state index in [0.717, 1.165) is 17.7 Å². The highest BCUT2D eigenvalue weighted by molar-refractivity contribution is 6.36. The van der Waals surface area contributed by atoms with E-state index >= 15 is 0 Å². The van der Waals surface area contributed by atoms with E-state index in [1.807, 2.05) is 12.1 Å². The van der Waals surface area contributed by atoms with Crippen LogP contribution in [-0.2, 0) is 0 Å². The Bertz CT molecular complexity index is 866. The Kier molecular flexibility index (Phi) is 3.74. The summed E-state index contributed by atoms with van der Waals surface area (Å²) in [5.41, 5.74) is 2.57. The number of para-hydroxylation sites is 1. The van der Waals surface area contributed by atoms with Gasteiger partial charge in [0.25, 0.3) is 5.69 Å². The summed E-state index contributed by atoms with van der Waals surface area (Å²) in [5, 5.41) is 16.1. The zero-order valence-electron chi connectivity index (χ0n) is 12.6. The van der Waals surface area contributed by atoms with Crippen LogP contribution in [0.3, 0.4) is 0 Å². The van der Waals surface area contributed by atoms with E-state index < -0.39 is 0 Å².